The molecule has 6 heteroatoms. The van der Waals surface area contributed by atoms with Crippen LogP contribution in [0, 0.1) is 5.82 Å². The molecule has 0 aliphatic heterocycles. The van der Waals surface area contributed by atoms with Crippen LogP contribution in [-0.4, -0.2) is 20.0 Å². The van der Waals surface area contributed by atoms with E-state index in [1.165, 1.54) is 18.2 Å². The summed E-state index contributed by atoms with van der Waals surface area (Å²) in [6.45, 7) is 0. The van der Waals surface area contributed by atoms with Crippen molar-refractivity contribution in [3.8, 4) is 0 Å². The Morgan fingerprint density at radius 1 is 1.24 bits per heavy atom. The Morgan fingerprint density at radius 2 is 1.95 bits per heavy atom. The van der Waals surface area contributed by atoms with E-state index >= 15 is 0 Å². The number of benzene rings is 2. The molecule has 2 aromatic rings. The summed E-state index contributed by atoms with van der Waals surface area (Å²) in [5, 5.41) is 2.63. The lowest BCUT2D eigenvalue weighted by molar-refractivity contribution is 0.102. The van der Waals surface area contributed by atoms with Crippen LogP contribution < -0.4 is 16.0 Å². The number of nitrogens with one attached hydrogen (secondary N) is 1. The van der Waals surface area contributed by atoms with Gasteiger partial charge in [0.05, 0.1) is 10.6 Å². The fourth-order valence-electron chi connectivity index (χ4n) is 1.90. The minimum Gasteiger partial charge on any atom is -0.399 e. The highest BCUT2D eigenvalue weighted by molar-refractivity contribution is 6.30. The first kappa shape index (κ1) is 15.1. The zero-order chi connectivity index (χ0) is 15.6. The molecule has 0 spiro atoms. The van der Waals surface area contributed by atoms with E-state index in [1.54, 1.807) is 23.1 Å². The molecule has 2 rings (SSSR count). The van der Waals surface area contributed by atoms with Gasteiger partial charge in [0, 0.05) is 31.2 Å². The Hall–Kier alpha value is -2.27. The van der Waals surface area contributed by atoms with Crippen LogP contribution in [0.4, 0.5) is 21.5 Å². The van der Waals surface area contributed by atoms with Crippen LogP contribution in [0.2, 0.25) is 5.02 Å². The van der Waals surface area contributed by atoms with Crippen LogP contribution in [0.1, 0.15) is 10.4 Å². The van der Waals surface area contributed by atoms with Gasteiger partial charge in [0.15, 0.2) is 0 Å². The van der Waals surface area contributed by atoms with E-state index in [2.05, 4.69) is 5.32 Å². The normalized spacial score (nSPS) is 10.3. The van der Waals surface area contributed by atoms with Gasteiger partial charge in [-0.3, -0.25) is 4.79 Å². The molecule has 0 aliphatic carbocycles. The molecule has 0 fully saturated rings. The Labute approximate surface area is 127 Å². The van der Waals surface area contributed by atoms with Crippen molar-refractivity contribution in [2.75, 3.05) is 30.0 Å². The van der Waals surface area contributed by atoms with Crippen molar-refractivity contribution in [3.63, 3.8) is 0 Å². The molecule has 1 amide bonds. The molecule has 0 atom stereocenters. The smallest absolute Gasteiger partial charge is 0.257 e. The zero-order valence-corrected chi connectivity index (χ0v) is 12.4. The molecule has 21 heavy (non-hydrogen) atoms. The summed E-state index contributed by atoms with van der Waals surface area (Å²) in [7, 11) is 3.65. The molecule has 0 aliphatic rings. The van der Waals surface area contributed by atoms with Gasteiger partial charge in [-0.2, -0.15) is 0 Å². The Morgan fingerprint density at radius 3 is 2.57 bits per heavy atom. The highest BCUT2D eigenvalue weighted by Crippen LogP contribution is 2.24. The van der Waals surface area contributed by atoms with Gasteiger partial charge in [-0.1, -0.05) is 11.6 Å². The summed E-state index contributed by atoms with van der Waals surface area (Å²) in [4.78, 5) is 14.1. The van der Waals surface area contributed by atoms with Crippen LogP contribution in [0.5, 0.6) is 0 Å². The second-order valence-corrected chi connectivity index (χ2v) is 5.16. The van der Waals surface area contributed by atoms with Gasteiger partial charge in [0.2, 0.25) is 0 Å². The lowest BCUT2D eigenvalue weighted by atomic mass is 10.1. The van der Waals surface area contributed by atoms with Crippen molar-refractivity contribution in [1.82, 2.24) is 0 Å². The largest absolute Gasteiger partial charge is 0.399 e. The van der Waals surface area contributed by atoms with E-state index in [0.29, 0.717) is 16.9 Å². The molecule has 4 nitrogen and oxygen atoms in total. The quantitative estimate of drug-likeness (QED) is 0.855. The first-order chi connectivity index (χ1) is 9.88. The van der Waals surface area contributed by atoms with E-state index in [4.69, 9.17) is 17.3 Å². The van der Waals surface area contributed by atoms with Crippen molar-refractivity contribution >= 4 is 34.6 Å². The maximum Gasteiger partial charge on any atom is 0.257 e. The summed E-state index contributed by atoms with van der Waals surface area (Å²) >= 11 is 5.61. The topological polar surface area (TPSA) is 58.4 Å². The predicted molar refractivity (Wildman–Crippen MR) is 84.5 cm³/mol. The predicted octanol–water partition coefficient (Wildman–Crippen LogP) is 3.38. The van der Waals surface area contributed by atoms with E-state index in [-0.39, 0.29) is 10.9 Å². The van der Waals surface area contributed by atoms with Gasteiger partial charge in [-0.25, -0.2) is 4.39 Å². The number of nitrogen functional groups attached to an aromatic ring is 1. The Balaban J connectivity index is 2.31. The van der Waals surface area contributed by atoms with Gasteiger partial charge < -0.3 is 16.0 Å². The second-order valence-electron chi connectivity index (χ2n) is 4.75. The van der Waals surface area contributed by atoms with E-state index in [9.17, 15) is 9.18 Å². The van der Waals surface area contributed by atoms with Crippen molar-refractivity contribution < 1.29 is 9.18 Å². The summed E-state index contributed by atoms with van der Waals surface area (Å²) in [6.07, 6.45) is 0. The minimum atomic E-state index is -0.588. The number of anilines is 3. The van der Waals surface area contributed by atoms with Gasteiger partial charge in [0.1, 0.15) is 5.82 Å². The van der Waals surface area contributed by atoms with E-state index < -0.39 is 5.82 Å². The molecule has 2 aromatic carbocycles. The molecule has 0 radical (unpaired) electrons. The number of rotatable bonds is 3. The number of carbonyl (C=O) groups is 1. The Kier molecular flexibility index (Phi) is 4.33. The number of nitrogens with zero attached hydrogens (tertiary/aromatic N) is 1. The summed E-state index contributed by atoms with van der Waals surface area (Å²) in [5.74, 6) is -0.956. The maximum atomic E-state index is 13.4. The van der Waals surface area contributed by atoms with Crippen LogP contribution in [0.15, 0.2) is 36.4 Å². The highest BCUT2D eigenvalue weighted by Gasteiger charge is 2.14. The number of nitrogens with two attached hydrogens (primary N) is 1. The molecular weight excluding hydrogens is 293 g/mol. The third-order valence-corrected chi connectivity index (χ3v) is 3.23. The molecule has 3 N–H and O–H groups in total. The third kappa shape index (κ3) is 3.44. The number of carbonyl (C=O) groups excluding carboxylic acids is 1. The number of hydrogen-bond acceptors (Lipinski definition) is 3. The summed E-state index contributed by atoms with van der Waals surface area (Å²) in [5.41, 5.74) is 7.67. The molecule has 0 aromatic heterocycles. The lowest BCUT2D eigenvalue weighted by Gasteiger charge is -2.17. The van der Waals surface area contributed by atoms with Crippen LogP contribution in [-0.2, 0) is 0 Å². The molecule has 0 heterocycles. The van der Waals surface area contributed by atoms with Gasteiger partial charge >= 0.3 is 0 Å². The fourth-order valence-corrected chi connectivity index (χ4v) is 2.02. The van der Waals surface area contributed by atoms with Crippen molar-refractivity contribution in [2.24, 2.45) is 0 Å². The fraction of sp³-hybridized carbons (Fsp3) is 0.133. The first-order valence-corrected chi connectivity index (χ1v) is 6.59. The zero-order valence-electron chi connectivity index (χ0n) is 11.7. The second kappa shape index (κ2) is 6.01. The standard InChI is InChI=1S/C15H15ClFN3O/c1-20(2)14-6-3-9(18)7-11(14)15(21)19-10-4-5-12(16)13(17)8-10/h3-8H,18H2,1-2H3,(H,19,21). The van der Waals surface area contributed by atoms with Crippen LogP contribution in [0.3, 0.4) is 0 Å². The molecule has 0 saturated carbocycles. The van der Waals surface area contributed by atoms with Crippen LogP contribution >= 0.6 is 11.6 Å². The molecule has 0 unspecified atom stereocenters. The monoisotopic (exact) mass is 307 g/mol. The van der Waals surface area contributed by atoms with E-state index in [0.717, 1.165) is 5.69 Å². The van der Waals surface area contributed by atoms with Crippen molar-refractivity contribution in [1.29, 1.82) is 0 Å². The third-order valence-electron chi connectivity index (χ3n) is 2.92. The average molecular weight is 308 g/mol. The number of hydrogen-bond donors (Lipinski definition) is 2. The minimum absolute atomic E-state index is 0.00550. The average Bonchev–Trinajstić information content (AvgIpc) is 2.42. The summed E-state index contributed by atoms with van der Waals surface area (Å²) < 4.78 is 13.4. The molecule has 0 bridgehead atoms. The number of amides is 1. The molecule has 0 saturated heterocycles. The van der Waals surface area contributed by atoms with Crippen LogP contribution in [0.25, 0.3) is 0 Å². The van der Waals surface area contributed by atoms with E-state index in [1.807, 2.05) is 14.1 Å². The van der Waals surface area contributed by atoms with Gasteiger partial charge in [-0.15, -0.1) is 0 Å². The highest BCUT2D eigenvalue weighted by atomic mass is 35.5. The Bertz CT molecular complexity index is 689. The molecular formula is C15H15ClFN3O. The molecule has 110 valence electrons. The van der Waals surface area contributed by atoms with Gasteiger partial charge in [-0.05, 0) is 36.4 Å². The maximum absolute atomic E-state index is 13.4. The SMILES string of the molecule is CN(C)c1ccc(N)cc1C(=O)Nc1ccc(Cl)c(F)c1. The van der Waals surface area contributed by atoms with Crippen molar-refractivity contribution in [3.05, 3.63) is 52.8 Å². The first-order valence-electron chi connectivity index (χ1n) is 6.21. The number of halogens is 2. The summed E-state index contributed by atoms with van der Waals surface area (Å²) in [6, 6.07) is 9.14. The van der Waals surface area contributed by atoms with Gasteiger partial charge in [0.25, 0.3) is 5.91 Å². The lowest BCUT2D eigenvalue weighted by Crippen LogP contribution is -2.19. The van der Waals surface area contributed by atoms with Crippen molar-refractivity contribution in [2.45, 2.75) is 0 Å².